The highest BCUT2D eigenvalue weighted by Crippen LogP contribution is 2.75. The summed E-state index contributed by atoms with van der Waals surface area (Å²) >= 11 is 0. The van der Waals surface area contributed by atoms with Gasteiger partial charge in [0.05, 0.1) is 18.2 Å². The van der Waals surface area contributed by atoms with Gasteiger partial charge in [0.1, 0.15) is 11.7 Å². The Morgan fingerprint density at radius 2 is 1.67 bits per heavy atom. The first-order valence-corrected chi connectivity index (χ1v) is 16.5. The van der Waals surface area contributed by atoms with E-state index in [9.17, 15) is 29.9 Å². The van der Waals surface area contributed by atoms with E-state index in [0.717, 1.165) is 44.1 Å². The maximum Gasteiger partial charge on any atom is 0.228 e. The quantitative estimate of drug-likeness (QED) is 0.450. The molecular formula is C36H50N2O5. The largest absolute Gasteiger partial charge is 0.394 e. The predicted octanol–water partition coefficient (Wildman–Crippen LogP) is 5.30. The maximum absolute atomic E-state index is 14.7. The molecule has 1 heterocycles. The lowest BCUT2D eigenvalue weighted by molar-refractivity contribution is -0.243. The molecule has 5 aliphatic carbocycles. The number of hydrogen-bond acceptors (Lipinski definition) is 6. The van der Waals surface area contributed by atoms with E-state index >= 15 is 0 Å². The van der Waals surface area contributed by atoms with Gasteiger partial charge in [-0.25, -0.2) is 0 Å². The third-order valence-corrected chi connectivity index (χ3v) is 14.6. The summed E-state index contributed by atoms with van der Waals surface area (Å²) in [7, 11) is 0. The summed E-state index contributed by atoms with van der Waals surface area (Å²) in [6.45, 7) is 15.1. The van der Waals surface area contributed by atoms with Gasteiger partial charge < -0.3 is 15.1 Å². The minimum atomic E-state index is -1.65. The van der Waals surface area contributed by atoms with Gasteiger partial charge in [-0.15, -0.1) is 0 Å². The average molecular weight is 591 g/mol. The molecule has 1 unspecified atom stereocenters. The van der Waals surface area contributed by atoms with Crippen molar-refractivity contribution in [3.8, 4) is 6.07 Å². The van der Waals surface area contributed by atoms with Crippen LogP contribution in [0.3, 0.4) is 0 Å². The van der Waals surface area contributed by atoms with Crippen LogP contribution in [0, 0.1) is 55.7 Å². The fraction of sp³-hybridized carbons (Fsp3) is 0.778. The number of carbonyl (C=O) groups is 3. The number of Topliss-reactive ketones (excluding diaryl/α,β-unsaturated/α-hetero) is 1. The van der Waals surface area contributed by atoms with Crippen molar-refractivity contribution in [2.24, 2.45) is 44.3 Å². The number of aliphatic hydroxyl groups excluding tert-OH is 1. The van der Waals surface area contributed by atoms with Crippen LogP contribution in [-0.2, 0) is 14.4 Å². The zero-order valence-corrected chi connectivity index (χ0v) is 27.2. The van der Waals surface area contributed by atoms with Crippen molar-refractivity contribution < 1.29 is 24.6 Å². The van der Waals surface area contributed by atoms with Gasteiger partial charge in [0.15, 0.2) is 11.6 Å². The molecule has 1 saturated heterocycles. The first-order chi connectivity index (χ1) is 19.9. The van der Waals surface area contributed by atoms with Crippen molar-refractivity contribution in [3.05, 3.63) is 23.3 Å². The van der Waals surface area contributed by atoms with Crippen LogP contribution in [0.4, 0.5) is 0 Å². The minimum Gasteiger partial charge on any atom is -0.394 e. The first-order valence-electron chi connectivity index (χ1n) is 16.5. The molecule has 0 radical (unpaired) electrons. The molecule has 6 rings (SSSR count). The lowest BCUT2D eigenvalue weighted by atomic mass is 9.33. The van der Waals surface area contributed by atoms with Crippen LogP contribution in [0.5, 0.6) is 0 Å². The summed E-state index contributed by atoms with van der Waals surface area (Å²) in [5.41, 5.74) is -4.26. The average Bonchev–Trinajstić information content (AvgIpc) is 3.44. The lowest BCUT2D eigenvalue weighted by Crippen LogP contribution is -2.74. The second kappa shape index (κ2) is 9.13. The number of allylic oxidation sites excluding steroid dienone is 3. The molecule has 4 fully saturated rings. The molecule has 6 aliphatic rings. The highest BCUT2D eigenvalue weighted by atomic mass is 16.3. The number of hydrogen-bond donors (Lipinski definition) is 2. The Labute approximate surface area is 256 Å². The Hall–Kier alpha value is -2.30. The van der Waals surface area contributed by atoms with Gasteiger partial charge in [-0.2, -0.15) is 5.26 Å². The zero-order chi connectivity index (χ0) is 31.6. The summed E-state index contributed by atoms with van der Waals surface area (Å²) in [5, 5.41) is 33.0. The van der Waals surface area contributed by atoms with E-state index in [1.54, 1.807) is 6.08 Å². The molecule has 1 amide bonds. The molecule has 43 heavy (non-hydrogen) atoms. The first kappa shape index (κ1) is 30.7. The SMILES string of the molecule is CC1(C)C(=O)C(C#N)=C[C@]2(C)C3=CC(=O)[C@]4(O)[C@@H]5C[C@@](C)(C(=O)N6CCCC6CO)CC[C@]5(C)CC[C@@]4(C)[C@]3(C)CC[C@@H]12. The summed E-state index contributed by atoms with van der Waals surface area (Å²) in [6.07, 6.45) is 10.2. The van der Waals surface area contributed by atoms with Crippen molar-refractivity contribution in [3.63, 3.8) is 0 Å². The molecule has 9 atom stereocenters. The van der Waals surface area contributed by atoms with E-state index in [4.69, 9.17) is 0 Å². The Balaban J connectivity index is 1.47. The second-order valence-electron chi connectivity index (χ2n) is 16.9. The Morgan fingerprint density at radius 3 is 2.33 bits per heavy atom. The van der Waals surface area contributed by atoms with Crippen molar-refractivity contribution in [1.29, 1.82) is 5.26 Å². The Kier molecular flexibility index (Phi) is 6.52. The van der Waals surface area contributed by atoms with E-state index in [0.29, 0.717) is 25.8 Å². The highest BCUT2D eigenvalue weighted by molar-refractivity contribution is 6.05. The van der Waals surface area contributed by atoms with E-state index < -0.39 is 32.7 Å². The molecule has 0 aromatic rings. The Bertz CT molecular complexity index is 1410. The third-order valence-electron chi connectivity index (χ3n) is 14.6. The monoisotopic (exact) mass is 590 g/mol. The number of fused-ring (bicyclic) bond motifs is 7. The molecule has 0 aromatic heterocycles. The highest BCUT2D eigenvalue weighted by Gasteiger charge is 2.75. The van der Waals surface area contributed by atoms with E-state index in [1.165, 1.54) is 0 Å². The van der Waals surface area contributed by atoms with Crippen LogP contribution in [-0.4, -0.2) is 57.4 Å². The van der Waals surface area contributed by atoms with Crippen molar-refractivity contribution >= 4 is 17.5 Å². The third kappa shape index (κ3) is 3.57. The van der Waals surface area contributed by atoms with Crippen molar-refractivity contribution in [2.45, 2.75) is 118 Å². The predicted molar refractivity (Wildman–Crippen MR) is 162 cm³/mol. The number of rotatable bonds is 2. The van der Waals surface area contributed by atoms with Gasteiger partial charge >= 0.3 is 0 Å². The van der Waals surface area contributed by atoms with Gasteiger partial charge in [0.2, 0.25) is 5.91 Å². The number of nitrogens with zero attached hydrogens (tertiary/aromatic N) is 2. The zero-order valence-electron chi connectivity index (χ0n) is 27.2. The Morgan fingerprint density at radius 1 is 1.00 bits per heavy atom. The van der Waals surface area contributed by atoms with Crippen LogP contribution in [0.1, 0.15) is 106 Å². The molecule has 1 aliphatic heterocycles. The molecule has 234 valence electrons. The van der Waals surface area contributed by atoms with Gasteiger partial charge in [-0.1, -0.05) is 54.5 Å². The van der Waals surface area contributed by atoms with Crippen LogP contribution >= 0.6 is 0 Å². The van der Waals surface area contributed by atoms with Gasteiger partial charge in [0, 0.05) is 34.1 Å². The lowest BCUT2D eigenvalue weighted by Gasteiger charge is -2.71. The van der Waals surface area contributed by atoms with Crippen molar-refractivity contribution in [1.82, 2.24) is 4.90 Å². The van der Waals surface area contributed by atoms with Crippen molar-refractivity contribution in [2.75, 3.05) is 13.2 Å². The van der Waals surface area contributed by atoms with Gasteiger partial charge in [0.25, 0.3) is 0 Å². The molecule has 0 bridgehead atoms. The number of amides is 1. The second-order valence-corrected chi connectivity index (χ2v) is 16.9. The standard InChI is InChI=1S/C36H50N2O5/c1-30(2)24-10-11-34(6)25(33(24,5)18-22(20-37)28(30)41)17-27(40)36(43)26-19-32(4,29(42)38-16-8-9-23(38)21-39)13-12-31(26,3)14-15-35(34,36)7/h17-18,23-24,26,39,43H,8-16,19,21H2,1-7H3/t23?,24-,26+,31+,32-,33-,34+,35-,36+/m0/s1. The van der Waals surface area contributed by atoms with Gasteiger partial charge in [-0.05, 0) is 86.2 Å². The van der Waals surface area contributed by atoms with E-state index in [1.807, 2.05) is 31.7 Å². The fourth-order valence-corrected chi connectivity index (χ4v) is 11.6. The number of carbonyl (C=O) groups excluding carboxylic acids is 3. The van der Waals surface area contributed by atoms with E-state index in [-0.39, 0.29) is 52.9 Å². The van der Waals surface area contributed by atoms with Crippen LogP contribution in [0.2, 0.25) is 0 Å². The molecule has 0 spiro atoms. The molecule has 7 nitrogen and oxygen atoms in total. The normalized spacial score (nSPS) is 48.7. The van der Waals surface area contributed by atoms with E-state index in [2.05, 4.69) is 33.8 Å². The van der Waals surface area contributed by atoms with Crippen LogP contribution < -0.4 is 0 Å². The number of aliphatic hydroxyl groups is 2. The van der Waals surface area contributed by atoms with Gasteiger partial charge in [-0.3, -0.25) is 14.4 Å². The number of nitriles is 1. The van der Waals surface area contributed by atoms with Crippen LogP contribution in [0.15, 0.2) is 23.3 Å². The molecule has 2 N–H and O–H groups in total. The maximum atomic E-state index is 14.7. The number of ketones is 2. The molecule has 3 saturated carbocycles. The van der Waals surface area contributed by atoms with Crippen LogP contribution in [0.25, 0.3) is 0 Å². The fourth-order valence-electron chi connectivity index (χ4n) is 11.6. The summed E-state index contributed by atoms with van der Waals surface area (Å²) in [6, 6.07) is 1.99. The summed E-state index contributed by atoms with van der Waals surface area (Å²) in [5.74, 6) is -0.820. The molecule has 7 heteroatoms. The summed E-state index contributed by atoms with van der Waals surface area (Å²) < 4.78 is 0. The summed E-state index contributed by atoms with van der Waals surface area (Å²) in [4.78, 5) is 43.9. The smallest absolute Gasteiger partial charge is 0.228 e. The topological polar surface area (TPSA) is 119 Å². The minimum absolute atomic E-state index is 0.0422. The number of likely N-dealkylation sites (tertiary alicyclic amines) is 1. The molecule has 0 aromatic carbocycles. The molecular weight excluding hydrogens is 540 g/mol.